The van der Waals surface area contributed by atoms with E-state index >= 15 is 0 Å². The molecule has 6 nitrogen and oxygen atoms in total. The molecule has 1 amide bonds. The molecule has 138 valence electrons. The lowest BCUT2D eigenvalue weighted by molar-refractivity contribution is -0.384. The smallest absolute Gasteiger partial charge is 0.294 e. The van der Waals surface area contributed by atoms with Crippen LogP contribution < -0.4 is 4.90 Å². The first-order valence-electron chi connectivity index (χ1n) is 8.48. The maximum Gasteiger partial charge on any atom is 0.294 e. The molecule has 1 aliphatic heterocycles. The molecular weight excluding hydrogens is 374 g/mol. The third-order valence-corrected chi connectivity index (χ3v) is 6.20. The van der Waals surface area contributed by atoms with E-state index in [4.69, 9.17) is 11.6 Å². The molecule has 1 aromatic carbocycles. The van der Waals surface area contributed by atoms with Crippen molar-refractivity contribution in [2.45, 2.75) is 20.3 Å². The number of carbonyl (C=O) groups excluding carboxylic acids is 1. The molecule has 0 spiro atoms. The van der Waals surface area contributed by atoms with Gasteiger partial charge in [-0.25, -0.2) is 0 Å². The van der Waals surface area contributed by atoms with E-state index in [1.807, 2.05) is 22.8 Å². The number of halogens is 1. The highest BCUT2D eigenvalue weighted by Gasteiger charge is 2.27. The average Bonchev–Trinajstić information content (AvgIpc) is 3.02. The Morgan fingerprint density at radius 3 is 2.54 bits per heavy atom. The van der Waals surface area contributed by atoms with Crippen molar-refractivity contribution in [3.8, 4) is 0 Å². The van der Waals surface area contributed by atoms with E-state index in [2.05, 4.69) is 6.92 Å². The summed E-state index contributed by atoms with van der Waals surface area (Å²) < 4.78 is 0. The van der Waals surface area contributed by atoms with Gasteiger partial charge in [-0.1, -0.05) is 18.5 Å². The molecule has 0 bridgehead atoms. The first kappa shape index (κ1) is 18.7. The first-order chi connectivity index (χ1) is 12.4. The van der Waals surface area contributed by atoms with Crippen molar-refractivity contribution in [1.29, 1.82) is 0 Å². The lowest BCUT2D eigenvalue weighted by atomic mass is 10.2. The number of nitrogens with zero attached hydrogens (tertiary/aromatic N) is 3. The summed E-state index contributed by atoms with van der Waals surface area (Å²) >= 11 is 7.44. The normalized spacial score (nSPS) is 14.6. The first-order valence-corrected chi connectivity index (χ1v) is 9.67. The lowest BCUT2D eigenvalue weighted by Crippen LogP contribution is -2.48. The maximum atomic E-state index is 12.7. The van der Waals surface area contributed by atoms with Gasteiger partial charge in [-0.05, 0) is 37.1 Å². The molecule has 26 heavy (non-hydrogen) atoms. The number of piperazine rings is 1. The predicted molar refractivity (Wildman–Crippen MR) is 105 cm³/mol. The Bertz CT molecular complexity index is 844. The van der Waals surface area contributed by atoms with Crippen molar-refractivity contribution in [3.63, 3.8) is 0 Å². The predicted octanol–water partition coefficient (Wildman–Crippen LogP) is 4.14. The van der Waals surface area contributed by atoms with Crippen molar-refractivity contribution in [2.24, 2.45) is 0 Å². The molecule has 0 saturated carbocycles. The summed E-state index contributed by atoms with van der Waals surface area (Å²) in [5.74, 6) is 0.0445. The number of aryl methyl sites for hydroxylation is 2. The molecule has 0 radical (unpaired) electrons. The van der Waals surface area contributed by atoms with Crippen LogP contribution >= 0.6 is 22.9 Å². The van der Waals surface area contributed by atoms with Crippen LogP contribution in [0.3, 0.4) is 0 Å². The third-order valence-electron chi connectivity index (χ3n) is 4.59. The SMILES string of the molecule is CCc1sc(C(=O)N2CCN(c3ccc(Cl)cc3[N+](=O)[O-])CC2)cc1C. The Kier molecular flexibility index (Phi) is 5.48. The minimum atomic E-state index is -0.417. The van der Waals surface area contributed by atoms with Gasteiger partial charge in [0.2, 0.25) is 0 Å². The lowest BCUT2D eigenvalue weighted by Gasteiger charge is -2.35. The Morgan fingerprint density at radius 1 is 1.27 bits per heavy atom. The molecule has 1 aliphatic rings. The number of benzene rings is 1. The van der Waals surface area contributed by atoms with Crippen LogP contribution in [0, 0.1) is 17.0 Å². The molecule has 1 fully saturated rings. The molecule has 8 heteroatoms. The van der Waals surface area contributed by atoms with Crippen LogP contribution in [0.2, 0.25) is 5.02 Å². The van der Waals surface area contributed by atoms with E-state index < -0.39 is 4.92 Å². The third kappa shape index (κ3) is 3.68. The van der Waals surface area contributed by atoms with Gasteiger partial charge < -0.3 is 9.80 Å². The standard InChI is InChI=1S/C18H20ClN3O3S/c1-3-16-12(2)10-17(26-16)18(23)21-8-6-20(7-9-21)14-5-4-13(19)11-15(14)22(24)25/h4-5,10-11H,3,6-9H2,1-2H3. The van der Waals surface area contributed by atoms with Crippen LogP contribution in [-0.2, 0) is 6.42 Å². The van der Waals surface area contributed by atoms with Crippen LogP contribution in [0.1, 0.15) is 27.0 Å². The van der Waals surface area contributed by atoms with Gasteiger partial charge in [0, 0.05) is 42.1 Å². The summed E-state index contributed by atoms with van der Waals surface area (Å²) in [6.45, 7) is 6.31. The van der Waals surface area contributed by atoms with Crippen molar-refractivity contribution >= 4 is 40.2 Å². The molecule has 0 unspecified atom stereocenters. The minimum absolute atomic E-state index is 0.00116. The number of nitro benzene ring substituents is 1. The molecule has 2 heterocycles. The zero-order chi connectivity index (χ0) is 18.8. The number of nitro groups is 1. The largest absolute Gasteiger partial charge is 0.362 e. The van der Waals surface area contributed by atoms with Crippen LogP contribution in [0.4, 0.5) is 11.4 Å². The summed E-state index contributed by atoms with van der Waals surface area (Å²) in [7, 11) is 0. The van der Waals surface area contributed by atoms with Gasteiger partial charge in [0.05, 0.1) is 9.80 Å². The van der Waals surface area contributed by atoms with Gasteiger partial charge >= 0.3 is 0 Å². The Labute approximate surface area is 161 Å². The number of rotatable bonds is 4. The van der Waals surface area contributed by atoms with Gasteiger partial charge in [-0.3, -0.25) is 14.9 Å². The highest BCUT2D eigenvalue weighted by atomic mass is 35.5. The molecule has 1 saturated heterocycles. The second-order valence-corrected chi connectivity index (χ2v) is 7.81. The van der Waals surface area contributed by atoms with Gasteiger partial charge in [-0.2, -0.15) is 0 Å². The van der Waals surface area contributed by atoms with E-state index in [9.17, 15) is 14.9 Å². The summed E-state index contributed by atoms with van der Waals surface area (Å²) in [6, 6.07) is 6.66. The van der Waals surface area contributed by atoms with Gasteiger partial charge in [0.1, 0.15) is 5.69 Å². The fourth-order valence-corrected chi connectivity index (χ4v) is 4.44. The minimum Gasteiger partial charge on any atom is -0.362 e. The van der Waals surface area contributed by atoms with Crippen molar-refractivity contribution < 1.29 is 9.72 Å². The number of hydrogen-bond acceptors (Lipinski definition) is 5. The monoisotopic (exact) mass is 393 g/mol. The molecule has 0 atom stereocenters. The summed E-state index contributed by atoms with van der Waals surface area (Å²) in [5.41, 5.74) is 1.71. The molecule has 1 aromatic heterocycles. The molecular formula is C18H20ClN3O3S. The summed E-state index contributed by atoms with van der Waals surface area (Å²) in [5, 5.41) is 11.6. The zero-order valence-electron chi connectivity index (χ0n) is 14.7. The molecule has 0 N–H and O–H groups in total. The molecule has 3 rings (SSSR count). The average molecular weight is 394 g/mol. The van der Waals surface area contributed by atoms with Crippen molar-refractivity contribution in [3.05, 3.63) is 54.7 Å². The number of hydrogen-bond donors (Lipinski definition) is 0. The van der Waals surface area contributed by atoms with Crippen molar-refractivity contribution in [1.82, 2.24) is 4.90 Å². The van der Waals surface area contributed by atoms with E-state index in [1.54, 1.807) is 23.5 Å². The fourth-order valence-electron chi connectivity index (χ4n) is 3.19. The van der Waals surface area contributed by atoms with Gasteiger partial charge in [0.15, 0.2) is 0 Å². The van der Waals surface area contributed by atoms with E-state index in [-0.39, 0.29) is 11.6 Å². The maximum absolute atomic E-state index is 12.7. The van der Waals surface area contributed by atoms with E-state index in [0.29, 0.717) is 36.9 Å². The van der Waals surface area contributed by atoms with E-state index in [0.717, 1.165) is 16.9 Å². The highest BCUT2D eigenvalue weighted by Crippen LogP contribution is 2.32. The summed E-state index contributed by atoms with van der Waals surface area (Å²) in [4.78, 5) is 29.4. The van der Waals surface area contributed by atoms with Gasteiger partial charge in [0.25, 0.3) is 11.6 Å². The topological polar surface area (TPSA) is 66.7 Å². The highest BCUT2D eigenvalue weighted by molar-refractivity contribution is 7.14. The molecule has 2 aromatic rings. The Hall–Kier alpha value is -2.12. The zero-order valence-corrected chi connectivity index (χ0v) is 16.3. The molecule has 0 aliphatic carbocycles. The van der Waals surface area contributed by atoms with Crippen LogP contribution in [0.15, 0.2) is 24.3 Å². The number of carbonyl (C=O) groups is 1. The summed E-state index contributed by atoms with van der Waals surface area (Å²) in [6.07, 6.45) is 0.928. The fraction of sp³-hybridized carbons (Fsp3) is 0.389. The van der Waals surface area contributed by atoms with Crippen LogP contribution in [0.25, 0.3) is 0 Å². The number of thiophene rings is 1. The Morgan fingerprint density at radius 2 is 1.96 bits per heavy atom. The quantitative estimate of drug-likeness (QED) is 0.578. The number of amides is 1. The van der Waals surface area contributed by atoms with Crippen LogP contribution in [-0.4, -0.2) is 41.9 Å². The van der Waals surface area contributed by atoms with Crippen LogP contribution in [0.5, 0.6) is 0 Å². The van der Waals surface area contributed by atoms with E-state index in [1.165, 1.54) is 10.9 Å². The Balaban J connectivity index is 1.71. The number of anilines is 1. The van der Waals surface area contributed by atoms with Gasteiger partial charge in [-0.15, -0.1) is 11.3 Å². The second-order valence-electron chi connectivity index (χ2n) is 6.24. The second kappa shape index (κ2) is 7.63. The van der Waals surface area contributed by atoms with Crippen molar-refractivity contribution in [2.75, 3.05) is 31.1 Å².